The van der Waals surface area contributed by atoms with Crippen LogP contribution in [0.5, 0.6) is 0 Å². The lowest BCUT2D eigenvalue weighted by molar-refractivity contribution is 0.0944. The number of amides is 2. The SMILES string of the molecule is CN(C)c1ccc2c(c1)CCNC2=O.Cc1c(Br)cccc1N1CCc2cc(N(C)C)ccc2C1=O. The van der Waals surface area contributed by atoms with Crippen molar-refractivity contribution in [2.45, 2.75) is 19.8 Å². The van der Waals surface area contributed by atoms with Gasteiger partial charge < -0.3 is 20.0 Å². The van der Waals surface area contributed by atoms with Crippen LogP contribution in [-0.2, 0) is 12.8 Å². The molecule has 36 heavy (non-hydrogen) atoms. The Labute approximate surface area is 222 Å². The highest BCUT2D eigenvalue weighted by molar-refractivity contribution is 9.10. The van der Waals surface area contributed by atoms with Crippen molar-refractivity contribution >= 4 is 44.8 Å². The van der Waals surface area contributed by atoms with Crippen molar-refractivity contribution in [1.29, 1.82) is 0 Å². The maximum atomic E-state index is 12.9. The molecule has 0 bridgehead atoms. The average Bonchev–Trinajstić information content (AvgIpc) is 2.86. The molecule has 6 nitrogen and oxygen atoms in total. The Morgan fingerprint density at radius 1 is 0.833 bits per heavy atom. The first kappa shape index (κ1) is 25.8. The smallest absolute Gasteiger partial charge is 0.258 e. The summed E-state index contributed by atoms with van der Waals surface area (Å²) >= 11 is 3.55. The Hall–Kier alpha value is -3.32. The molecule has 0 spiro atoms. The summed E-state index contributed by atoms with van der Waals surface area (Å²) < 4.78 is 1.03. The Morgan fingerprint density at radius 3 is 2.08 bits per heavy atom. The number of carbonyl (C=O) groups excluding carboxylic acids is 2. The van der Waals surface area contributed by atoms with Gasteiger partial charge in [0.2, 0.25) is 0 Å². The number of hydrogen-bond acceptors (Lipinski definition) is 4. The second-order valence-electron chi connectivity index (χ2n) is 9.57. The summed E-state index contributed by atoms with van der Waals surface area (Å²) in [6, 6.07) is 18.0. The van der Waals surface area contributed by atoms with E-state index in [1.165, 1.54) is 0 Å². The van der Waals surface area contributed by atoms with E-state index >= 15 is 0 Å². The lowest BCUT2D eigenvalue weighted by Crippen LogP contribution is -2.38. The first-order valence-corrected chi connectivity index (χ1v) is 12.9. The van der Waals surface area contributed by atoms with Crippen molar-refractivity contribution in [2.24, 2.45) is 0 Å². The van der Waals surface area contributed by atoms with Crippen LogP contribution in [0.15, 0.2) is 59.1 Å². The van der Waals surface area contributed by atoms with Gasteiger partial charge in [-0.05, 0) is 85.0 Å². The standard InChI is InChI=1S/C18H19BrN2O.C11H14N2O/c1-12-16(19)5-4-6-17(12)21-10-9-13-11-14(20(2)3)7-8-15(13)18(21)22;1-13(2)9-3-4-10-8(7-9)5-6-12-11(10)14/h4-8,11H,9-10H2,1-3H3;3-4,7H,5-6H2,1-2H3,(H,12,14). The second-order valence-corrected chi connectivity index (χ2v) is 10.4. The molecule has 1 N–H and O–H groups in total. The van der Waals surface area contributed by atoms with Crippen molar-refractivity contribution in [3.63, 3.8) is 0 Å². The Morgan fingerprint density at radius 2 is 1.44 bits per heavy atom. The van der Waals surface area contributed by atoms with Gasteiger partial charge in [-0.2, -0.15) is 0 Å². The molecule has 0 saturated heterocycles. The van der Waals surface area contributed by atoms with E-state index < -0.39 is 0 Å². The van der Waals surface area contributed by atoms with E-state index in [-0.39, 0.29) is 11.8 Å². The molecule has 2 aliphatic rings. The number of anilines is 3. The van der Waals surface area contributed by atoms with Gasteiger partial charge in [-0.3, -0.25) is 9.59 Å². The zero-order valence-electron chi connectivity index (χ0n) is 21.6. The monoisotopic (exact) mass is 548 g/mol. The predicted octanol–water partition coefficient (Wildman–Crippen LogP) is 5.06. The van der Waals surface area contributed by atoms with E-state index in [2.05, 4.69) is 38.3 Å². The number of halogens is 1. The van der Waals surface area contributed by atoms with Gasteiger partial charge in [0, 0.05) is 73.9 Å². The van der Waals surface area contributed by atoms with Crippen LogP contribution in [0.1, 0.15) is 37.4 Å². The number of benzene rings is 3. The normalized spacial score (nSPS) is 14.2. The van der Waals surface area contributed by atoms with Crippen LogP contribution in [0.3, 0.4) is 0 Å². The maximum Gasteiger partial charge on any atom is 0.258 e. The Bertz CT molecular complexity index is 1300. The number of fused-ring (bicyclic) bond motifs is 2. The molecule has 7 heteroatoms. The zero-order valence-corrected chi connectivity index (χ0v) is 23.1. The van der Waals surface area contributed by atoms with Crippen molar-refractivity contribution in [3.8, 4) is 0 Å². The predicted molar refractivity (Wildman–Crippen MR) is 152 cm³/mol. The Kier molecular flexibility index (Phi) is 7.69. The summed E-state index contributed by atoms with van der Waals surface area (Å²) in [5.41, 5.74) is 8.31. The Balaban J connectivity index is 0.000000187. The molecule has 2 amide bonds. The first-order chi connectivity index (χ1) is 17.2. The molecule has 2 aliphatic heterocycles. The third kappa shape index (κ3) is 5.26. The van der Waals surface area contributed by atoms with E-state index in [1.807, 2.05) is 87.4 Å². The zero-order chi connectivity index (χ0) is 26.0. The molecule has 0 unspecified atom stereocenters. The minimum atomic E-state index is 0.0524. The fraction of sp³-hybridized carbons (Fsp3) is 0.310. The van der Waals surface area contributed by atoms with Gasteiger partial charge in [0.25, 0.3) is 11.8 Å². The van der Waals surface area contributed by atoms with Crippen molar-refractivity contribution in [1.82, 2.24) is 5.32 Å². The van der Waals surface area contributed by atoms with Crippen LogP contribution in [-0.4, -0.2) is 53.1 Å². The summed E-state index contributed by atoms with van der Waals surface area (Å²) in [4.78, 5) is 30.3. The van der Waals surface area contributed by atoms with Crippen LogP contribution in [0, 0.1) is 6.92 Å². The van der Waals surface area contributed by atoms with Crippen LogP contribution in [0.4, 0.5) is 17.1 Å². The quantitative estimate of drug-likeness (QED) is 0.496. The molecule has 0 fully saturated rings. The highest BCUT2D eigenvalue weighted by Gasteiger charge is 2.27. The lowest BCUT2D eigenvalue weighted by Gasteiger charge is -2.30. The van der Waals surface area contributed by atoms with E-state index in [9.17, 15) is 9.59 Å². The van der Waals surface area contributed by atoms with Crippen LogP contribution in [0.2, 0.25) is 0 Å². The average molecular weight is 550 g/mol. The van der Waals surface area contributed by atoms with Crippen molar-refractivity contribution < 1.29 is 9.59 Å². The molecule has 188 valence electrons. The van der Waals surface area contributed by atoms with Gasteiger partial charge >= 0.3 is 0 Å². The first-order valence-electron chi connectivity index (χ1n) is 12.1. The summed E-state index contributed by atoms with van der Waals surface area (Å²) in [6.07, 6.45) is 1.82. The molecule has 0 radical (unpaired) electrons. The van der Waals surface area contributed by atoms with Crippen LogP contribution in [0.25, 0.3) is 0 Å². The highest BCUT2D eigenvalue weighted by atomic mass is 79.9. The van der Waals surface area contributed by atoms with E-state index in [1.54, 1.807) is 0 Å². The topological polar surface area (TPSA) is 55.9 Å². The van der Waals surface area contributed by atoms with Gasteiger partial charge in [-0.15, -0.1) is 0 Å². The van der Waals surface area contributed by atoms with Gasteiger partial charge in [-0.25, -0.2) is 0 Å². The molecule has 5 rings (SSSR count). The van der Waals surface area contributed by atoms with Crippen LogP contribution >= 0.6 is 15.9 Å². The molecule has 3 aromatic carbocycles. The number of nitrogens with one attached hydrogen (secondary N) is 1. The summed E-state index contributed by atoms with van der Waals surface area (Å²) in [5, 5.41) is 2.83. The number of carbonyl (C=O) groups is 2. The van der Waals surface area contributed by atoms with E-state index in [0.717, 1.165) is 75.3 Å². The van der Waals surface area contributed by atoms with Gasteiger partial charge in [0.05, 0.1) is 0 Å². The van der Waals surface area contributed by atoms with Crippen molar-refractivity contribution in [3.05, 3.63) is 86.9 Å². The summed E-state index contributed by atoms with van der Waals surface area (Å²) in [6.45, 7) is 3.51. The van der Waals surface area contributed by atoms with E-state index in [4.69, 9.17) is 0 Å². The number of hydrogen-bond donors (Lipinski definition) is 1. The largest absolute Gasteiger partial charge is 0.378 e. The molecule has 3 aromatic rings. The molecule has 2 heterocycles. The van der Waals surface area contributed by atoms with Crippen LogP contribution < -0.4 is 20.0 Å². The molecule has 0 aliphatic carbocycles. The molecular formula is C29H33BrN4O2. The summed E-state index contributed by atoms with van der Waals surface area (Å²) in [5.74, 6) is 0.143. The molecule has 0 saturated carbocycles. The van der Waals surface area contributed by atoms with Gasteiger partial charge in [0.1, 0.15) is 0 Å². The van der Waals surface area contributed by atoms with Gasteiger partial charge in [0.15, 0.2) is 0 Å². The minimum Gasteiger partial charge on any atom is -0.378 e. The highest BCUT2D eigenvalue weighted by Crippen LogP contribution is 2.32. The fourth-order valence-corrected chi connectivity index (χ4v) is 4.92. The third-order valence-electron chi connectivity index (χ3n) is 6.75. The lowest BCUT2D eigenvalue weighted by atomic mass is 9.97. The molecule has 0 atom stereocenters. The number of rotatable bonds is 3. The number of nitrogens with zero attached hydrogens (tertiary/aromatic N) is 3. The second kappa shape index (κ2) is 10.7. The molecule has 0 aromatic heterocycles. The van der Waals surface area contributed by atoms with Crippen molar-refractivity contribution in [2.75, 3.05) is 56.0 Å². The fourth-order valence-electron chi connectivity index (χ4n) is 4.56. The maximum absolute atomic E-state index is 12.9. The van der Waals surface area contributed by atoms with E-state index in [0.29, 0.717) is 0 Å². The van der Waals surface area contributed by atoms with Gasteiger partial charge in [-0.1, -0.05) is 22.0 Å². The minimum absolute atomic E-state index is 0.0524. The molecular weight excluding hydrogens is 516 g/mol. The summed E-state index contributed by atoms with van der Waals surface area (Å²) in [7, 11) is 8.04. The third-order valence-corrected chi connectivity index (χ3v) is 7.60.